The van der Waals surface area contributed by atoms with Crippen LogP contribution in [0.15, 0.2) is 0 Å². The molecule has 28 valence electrons. The van der Waals surface area contributed by atoms with Gasteiger partial charge < -0.3 is 0 Å². The molecule has 0 N–H and O–H groups in total. The van der Waals surface area contributed by atoms with E-state index in [-0.39, 0.29) is 79.1 Å². The predicted octanol–water partition coefficient (Wildman–Crippen LogP) is -3.36. The first kappa shape index (κ1) is 101. The van der Waals surface area contributed by atoms with Gasteiger partial charge in [0.05, 0.1) is 0 Å². The standard InChI is InChI=1S/2Ge.H4Si.3Si/h;;1H4;;;. The average Bonchev–Trinajstić information content (AvgIpc) is 0. The first-order chi connectivity index (χ1) is 0. The minimum Gasteiger partial charge on any atom is -0.0149 e. The van der Waals surface area contributed by atoms with Crippen molar-refractivity contribution in [2.24, 2.45) is 0 Å². The molecule has 0 heterocycles. The van der Waals surface area contributed by atoms with Gasteiger partial charge in [0.2, 0.25) is 0 Å². The van der Waals surface area contributed by atoms with Gasteiger partial charge in [0.1, 0.15) is 0 Å². The van der Waals surface area contributed by atoms with Crippen molar-refractivity contribution in [3.63, 3.8) is 0 Å². The Labute approximate surface area is 78.7 Å². The maximum absolute atomic E-state index is 0. The summed E-state index contributed by atoms with van der Waals surface area (Å²) in [7, 11) is 0. The molecule has 0 bridgehead atoms. The summed E-state index contributed by atoms with van der Waals surface area (Å²) >= 11 is 0. The molecule has 0 aromatic carbocycles. The van der Waals surface area contributed by atoms with E-state index in [1.807, 2.05) is 0 Å². The van der Waals surface area contributed by atoms with E-state index in [0.29, 0.717) is 0 Å². The van der Waals surface area contributed by atoms with Crippen LogP contribution < -0.4 is 0 Å². The van der Waals surface area contributed by atoms with Crippen molar-refractivity contribution in [2.45, 2.75) is 0 Å². The fourth-order valence-corrected chi connectivity index (χ4v) is 0. The molecule has 0 aliphatic carbocycles. The fourth-order valence-electron chi connectivity index (χ4n) is 0. The quantitative estimate of drug-likeness (QED) is 0.400. The zero-order valence-corrected chi connectivity index (χ0v) is 9.70. The van der Waals surface area contributed by atoms with E-state index in [1.165, 1.54) is 0 Å². The van der Waals surface area contributed by atoms with Gasteiger partial charge in [0, 0.05) is 68.1 Å². The van der Waals surface area contributed by atoms with E-state index in [0.717, 1.165) is 0 Å². The summed E-state index contributed by atoms with van der Waals surface area (Å²) in [5, 5.41) is 0. The molecule has 0 rings (SSSR count). The van der Waals surface area contributed by atoms with Crippen LogP contribution in [-0.2, 0) is 0 Å². The Hall–Kier alpha value is 1.95. The first-order valence-corrected chi connectivity index (χ1v) is 0. The van der Waals surface area contributed by atoms with E-state index < -0.39 is 0 Å². The maximum Gasteiger partial charge on any atom is 0 e. The fraction of sp³-hybridized carbons (Fsp3) is 0. The van der Waals surface area contributed by atoms with Gasteiger partial charge in [-0.15, -0.1) is 0 Å². The van der Waals surface area contributed by atoms with Crippen molar-refractivity contribution >= 4 is 79.1 Å². The van der Waals surface area contributed by atoms with Crippen LogP contribution in [0.3, 0.4) is 0 Å². The molecule has 0 unspecified atom stereocenters. The molecule has 0 aromatic rings. The Bertz CT molecular complexity index is 5.51. The molecule has 0 aliphatic rings. The molecule has 20 radical (unpaired) electrons. The minimum atomic E-state index is 0. The average molecular weight is 262 g/mol. The van der Waals surface area contributed by atoms with E-state index in [4.69, 9.17) is 0 Å². The Balaban J connectivity index is 0. The molecule has 0 aliphatic heterocycles. The van der Waals surface area contributed by atoms with E-state index in [2.05, 4.69) is 0 Å². The Kier molecular flexibility index (Phi) is 1090. The third-order valence-electron chi connectivity index (χ3n) is 0. The molecule has 0 spiro atoms. The zero-order chi connectivity index (χ0) is 0. The maximum atomic E-state index is 0. The number of rotatable bonds is 0. The molecule has 0 saturated carbocycles. The largest absolute Gasteiger partial charge is 0.0149 e. The predicted molar refractivity (Wildman–Crippen MR) is 40.1 cm³/mol. The van der Waals surface area contributed by atoms with Gasteiger partial charge in [-0.05, 0) is 11.0 Å². The molecule has 0 aromatic heterocycles. The van der Waals surface area contributed by atoms with Gasteiger partial charge in [-0.2, -0.15) is 0 Å². The number of hydrogen-bond donors (Lipinski definition) is 0. The van der Waals surface area contributed by atoms with E-state index in [1.54, 1.807) is 0 Å². The van der Waals surface area contributed by atoms with Crippen molar-refractivity contribution in [1.29, 1.82) is 0 Å². The minimum absolute atomic E-state index is 0. The molecule has 6 heavy (non-hydrogen) atoms. The van der Waals surface area contributed by atoms with Gasteiger partial charge in [-0.25, -0.2) is 0 Å². The second-order valence-electron chi connectivity index (χ2n) is 0. The van der Waals surface area contributed by atoms with E-state index in [9.17, 15) is 0 Å². The molecular weight excluding hydrogens is 258 g/mol. The SMILES string of the molecule is [Ge].[Ge].[SiH4].[Si].[Si].[Si]. The summed E-state index contributed by atoms with van der Waals surface area (Å²) in [6, 6.07) is 0. The van der Waals surface area contributed by atoms with Crippen LogP contribution in [0.25, 0.3) is 0 Å². The Morgan fingerprint density at radius 3 is 0.500 bits per heavy atom. The summed E-state index contributed by atoms with van der Waals surface area (Å²) < 4.78 is 0. The molecule has 0 atom stereocenters. The van der Waals surface area contributed by atoms with Gasteiger partial charge in [-0.3, -0.25) is 0 Å². The molecule has 0 saturated heterocycles. The molecule has 6 heteroatoms. The Morgan fingerprint density at radius 2 is 0.500 bits per heavy atom. The topological polar surface area (TPSA) is 0 Å². The van der Waals surface area contributed by atoms with Crippen LogP contribution in [0, 0.1) is 0 Å². The van der Waals surface area contributed by atoms with Gasteiger partial charge in [0.15, 0.2) is 0 Å². The first-order valence-electron chi connectivity index (χ1n) is 0. The second-order valence-corrected chi connectivity index (χ2v) is 0. The van der Waals surface area contributed by atoms with Crippen molar-refractivity contribution in [1.82, 2.24) is 0 Å². The monoisotopic (exact) mass is 264 g/mol. The third kappa shape index (κ3) is 38.3. The van der Waals surface area contributed by atoms with Crippen LogP contribution >= 0.6 is 0 Å². The smallest absolute Gasteiger partial charge is 0 e. The molecule has 0 amide bonds. The van der Waals surface area contributed by atoms with Crippen molar-refractivity contribution in [3.8, 4) is 0 Å². The molecule has 0 nitrogen and oxygen atoms in total. The summed E-state index contributed by atoms with van der Waals surface area (Å²) in [5.74, 6) is 0. The molecular formula is H4Ge2Si4. The normalized spacial score (nSPS) is 0. The number of hydrogen-bond acceptors (Lipinski definition) is 0. The summed E-state index contributed by atoms with van der Waals surface area (Å²) in [6.07, 6.45) is 0. The van der Waals surface area contributed by atoms with Crippen LogP contribution in [0.1, 0.15) is 0 Å². The van der Waals surface area contributed by atoms with Crippen LogP contribution in [0.4, 0.5) is 0 Å². The summed E-state index contributed by atoms with van der Waals surface area (Å²) in [6.45, 7) is 0. The summed E-state index contributed by atoms with van der Waals surface area (Å²) in [4.78, 5) is 0. The van der Waals surface area contributed by atoms with Crippen molar-refractivity contribution < 1.29 is 0 Å². The van der Waals surface area contributed by atoms with Gasteiger partial charge in [0.25, 0.3) is 0 Å². The summed E-state index contributed by atoms with van der Waals surface area (Å²) in [5.41, 5.74) is 0. The molecule has 0 fully saturated rings. The zero-order valence-electron chi connectivity index (χ0n) is 2.50. The third-order valence-corrected chi connectivity index (χ3v) is 0. The van der Waals surface area contributed by atoms with E-state index >= 15 is 0 Å². The van der Waals surface area contributed by atoms with Gasteiger partial charge in [-0.1, -0.05) is 0 Å². The van der Waals surface area contributed by atoms with Crippen LogP contribution in [0.2, 0.25) is 0 Å². The van der Waals surface area contributed by atoms with Crippen molar-refractivity contribution in [2.75, 3.05) is 0 Å². The van der Waals surface area contributed by atoms with Crippen molar-refractivity contribution in [3.05, 3.63) is 0 Å². The van der Waals surface area contributed by atoms with Crippen LogP contribution in [0.5, 0.6) is 0 Å². The second kappa shape index (κ2) is 64.6. The Morgan fingerprint density at radius 1 is 0.500 bits per heavy atom. The van der Waals surface area contributed by atoms with Gasteiger partial charge >= 0.3 is 0 Å². The van der Waals surface area contributed by atoms with Crippen LogP contribution in [-0.4, -0.2) is 79.1 Å².